The van der Waals surface area contributed by atoms with E-state index in [-0.39, 0.29) is 11.6 Å². The Morgan fingerprint density at radius 2 is 0.938 bits per heavy atom. The van der Waals surface area contributed by atoms with Gasteiger partial charge in [0.05, 0.1) is 23.3 Å². The molecule has 2 aromatic rings. The zero-order valence-corrected chi connectivity index (χ0v) is 17.6. The lowest BCUT2D eigenvalue weighted by atomic mass is 9.83. The van der Waals surface area contributed by atoms with Crippen LogP contribution in [0.1, 0.15) is 36.1 Å². The summed E-state index contributed by atoms with van der Waals surface area (Å²) in [5.74, 6) is -0.133. The SMILES string of the molecule is CC1=CC(=C2C=C(c3ccc(C#N)cc3)C(=O)C(c3ccc(C#N)cc3)=C2)C=C(C)C1=O. The summed E-state index contributed by atoms with van der Waals surface area (Å²) in [6, 6.07) is 18.0. The number of rotatable bonds is 2. The summed E-state index contributed by atoms with van der Waals surface area (Å²) in [4.78, 5) is 25.7. The number of nitrogens with zero attached hydrogens (tertiary/aromatic N) is 2. The molecule has 0 saturated heterocycles. The first-order chi connectivity index (χ1) is 15.4. The molecule has 4 nitrogen and oxygen atoms in total. The largest absolute Gasteiger partial charge is 0.289 e. The molecule has 2 aliphatic carbocycles. The number of nitriles is 2. The molecule has 0 bridgehead atoms. The van der Waals surface area contributed by atoms with E-state index >= 15 is 0 Å². The summed E-state index contributed by atoms with van der Waals surface area (Å²) in [6.45, 7) is 3.56. The van der Waals surface area contributed by atoms with E-state index in [2.05, 4.69) is 12.1 Å². The third-order valence-electron chi connectivity index (χ3n) is 5.53. The molecule has 2 aliphatic rings. The van der Waals surface area contributed by atoms with Crippen LogP contribution in [0, 0.1) is 22.7 Å². The van der Waals surface area contributed by atoms with Crippen LogP contribution in [0.4, 0.5) is 0 Å². The molecule has 0 spiro atoms. The first-order valence-corrected chi connectivity index (χ1v) is 10.1. The van der Waals surface area contributed by atoms with Crippen molar-refractivity contribution in [2.75, 3.05) is 0 Å². The number of ketones is 2. The molecule has 0 aromatic heterocycles. The topological polar surface area (TPSA) is 81.7 Å². The normalized spacial score (nSPS) is 15.9. The Bertz CT molecular complexity index is 1290. The Balaban J connectivity index is 1.92. The molecule has 4 heteroatoms. The fourth-order valence-electron chi connectivity index (χ4n) is 3.79. The molecule has 0 saturated carbocycles. The second kappa shape index (κ2) is 8.30. The minimum atomic E-state index is -0.142. The van der Waals surface area contributed by atoms with E-state index in [4.69, 9.17) is 10.5 Å². The van der Waals surface area contributed by atoms with Gasteiger partial charge in [-0.2, -0.15) is 10.5 Å². The van der Waals surface area contributed by atoms with Crippen molar-refractivity contribution in [3.05, 3.63) is 117 Å². The summed E-state index contributed by atoms with van der Waals surface area (Å²) < 4.78 is 0. The van der Waals surface area contributed by atoms with Crippen LogP contribution >= 0.6 is 0 Å². The molecule has 0 amide bonds. The molecule has 0 N–H and O–H groups in total. The van der Waals surface area contributed by atoms with Crippen molar-refractivity contribution in [3.63, 3.8) is 0 Å². The number of carbonyl (C=O) groups is 2. The lowest BCUT2D eigenvalue weighted by Crippen LogP contribution is -2.12. The maximum Gasteiger partial charge on any atom is 0.194 e. The Labute approximate surface area is 186 Å². The number of hydrogen-bond donors (Lipinski definition) is 0. The van der Waals surface area contributed by atoms with Crippen LogP contribution < -0.4 is 0 Å². The third kappa shape index (κ3) is 3.78. The van der Waals surface area contributed by atoms with Crippen molar-refractivity contribution in [1.82, 2.24) is 0 Å². The van der Waals surface area contributed by atoms with Gasteiger partial charge < -0.3 is 0 Å². The maximum atomic E-state index is 13.5. The minimum absolute atomic E-state index is 0.00817. The lowest BCUT2D eigenvalue weighted by molar-refractivity contribution is -0.112. The first-order valence-electron chi connectivity index (χ1n) is 10.1. The van der Waals surface area contributed by atoms with E-state index in [1.165, 1.54) is 0 Å². The zero-order valence-electron chi connectivity index (χ0n) is 17.6. The Morgan fingerprint density at radius 3 is 1.31 bits per heavy atom. The molecule has 0 radical (unpaired) electrons. The highest BCUT2D eigenvalue weighted by Crippen LogP contribution is 2.35. The molecular weight excluding hydrogens is 396 g/mol. The van der Waals surface area contributed by atoms with E-state index in [1.807, 2.05) is 24.3 Å². The number of benzene rings is 2. The monoisotopic (exact) mass is 414 g/mol. The summed E-state index contributed by atoms with van der Waals surface area (Å²) in [5.41, 5.74) is 6.42. The summed E-state index contributed by atoms with van der Waals surface area (Å²) in [7, 11) is 0. The highest BCUT2D eigenvalue weighted by Gasteiger charge is 2.25. The lowest BCUT2D eigenvalue weighted by Gasteiger charge is -2.19. The molecule has 32 heavy (non-hydrogen) atoms. The zero-order chi connectivity index (χ0) is 22.8. The highest BCUT2D eigenvalue weighted by molar-refractivity contribution is 6.44. The van der Waals surface area contributed by atoms with Crippen LogP contribution in [0.3, 0.4) is 0 Å². The molecular formula is C28H18N2O2. The quantitative estimate of drug-likeness (QED) is 0.672. The van der Waals surface area contributed by atoms with Crippen LogP contribution in [0.15, 0.2) is 95.1 Å². The average molecular weight is 414 g/mol. The summed E-state index contributed by atoms with van der Waals surface area (Å²) >= 11 is 0. The molecule has 4 rings (SSSR count). The van der Waals surface area contributed by atoms with E-state index in [1.54, 1.807) is 62.4 Å². The van der Waals surface area contributed by atoms with Gasteiger partial charge in [-0.15, -0.1) is 0 Å². The van der Waals surface area contributed by atoms with E-state index in [0.29, 0.717) is 44.5 Å². The van der Waals surface area contributed by atoms with Crippen LogP contribution in [0.2, 0.25) is 0 Å². The van der Waals surface area contributed by atoms with Crippen molar-refractivity contribution in [2.24, 2.45) is 0 Å². The van der Waals surface area contributed by atoms with Gasteiger partial charge in [-0.1, -0.05) is 24.3 Å². The highest BCUT2D eigenvalue weighted by atomic mass is 16.1. The number of hydrogen-bond acceptors (Lipinski definition) is 4. The predicted octanol–water partition coefficient (Wildman–Crippen LogP) is 5.25. The van der Waals surface area contributed by atoms with Gasteiger partial charge in [0.1, 0.15) is 0 Å². The van der Waals surface area contributed by atoms with Crippen LogP contribution in [0.25, 0.3) is 11.1 Å². The molecule has 0 atom stereocenters. The smallest absolute Gasteiger partial charge is 0.194 e. The molecule has 2 aromatic carbocycles. The van der Waals surface area contributed by atoms with Gasteiger partial charge in [0.15, 0.2) is 11.6 Å². The predicted molar refractivity (Wildman–Crippen MR) is 123 cm³/mol. The van der Waals surface area contributed by atoms with Crippen LogP contribution in [-0.2, 0) is 9.59 Å². The fourth-order valence-corrected chi connectivity index (χ4v) is 3.79. The Kier molecular flexibility index (Phi) is 5.37. The number of allylic oxidation sites excluding steroid dienone is 10. The Hall–Kier alpha value is -4.54. The van der Waals surface area contributed by atoms with Crippen molar-refractivity contribution < 1.29 is 9.59 Å². The molecule has 152 valence electrons. The van der Waals surface area contributed by atoms with Crippen molar-refractivity contribution >= 4 is 22.7 Å². The van der Waals surface area contributed by atoms with E-state index in [0.717, 1.165) is 11.1 Å². The second-order valence-corrected chi connectivity index (χ2v) is 7.72. The standard InChI is InChI=1S/C28H18N2O2/c1-17-11-23(12-18(2)27(17)31)24-13-25(21-7-3-19(15-29)4-8-21)28(32)26(14-24)22-9-5-20(16-30)6-10-22/h3-14H,1-2H3. The van der Waals surface area contributed by atoms with Gasteiger partial charge in [0.25, 0.3) is 0 Å². The van der Waals surface area contributed by atoms with E-state index < -0.39 is 0 Å². The minimum Gasteiger partial charge on any atom is -0.289 e. The van der Waals surface area contributed by atoms with E-state index in [9.17, 15) is 9.59 Å². The first kappa shape index (κ1) is 20.7. The van der Waals surface area contributed by atoms with Crippen molar-refractivity contribution in [2.45, 2.75) is 13.8 Å². The maximum absolute atomic E-state index is 13.5. The molecule has 0 heterocycles. The van der Waals surface area contributed by atoms with Crippen molar-refractivity contribution in [3.8, 4) is 12.1 Å². The summed E-state index contributed by atoms with van der Waals surface area (Å²) in [5, 5.41) is 18.2. The van der Waals surface area contributed by atoms with Crippen LogP contribution in [0.5, 0.6) is 0 Å². The third-order valence-corrected chi connectivity index (χ3v) is 5.53. The Morgan fingerprint density at radius 1 is 0.562 bits per heavy atom. The van der Waals surface area contributed by atoms with Gasteiger partial charge >= 0.3 is 0 Å². The van der Waals surface area contributed by atoms with Crippen LogP contribution in [-0.4, -0.2) is 11.6 Å². The number of Topliss-reactive ketones (excluding diaryl/α,β-unsaturated/α-hetero) is 2. The van der Waals surface area contributed by atoms with Crippen molar-refractivity contribution in [1.29, 1.82) is 10.5 Å². The number of carbonyl (C=O) groups excluding carboxylic acids is 2. The van der Waals surface area contributed by atoms with Gasteiger partial charge in [-0.25, -0.2) is 0 Å². The average Bonchev–Trinajstić information content (AvgIpc) is 2.82. The van der Waals surface area contributed by atoms with Gasteiger partial charge in [0, 0.05) is 11.1 Å². The molecule has 0 fully saturated rings. The van der Waals surface area contributed by atoms with Gasteiger partial charge in [-0.05, 0) is 95.8 Å². The summed E-state index contributed by atoms with van der Waals surface area (Å²) in [6.07, 6.45) is 7.33. The second-order valence-electron chi connectivity index (χ2n) is 7.72. The molecule has 0 aliphatic heterocycles. The van der Waals surface area contributed by atoms with Gasteiger partial charge in [0.2, 0.25) is 0 Å². The molecule has 0 unspecified atom stereocenters. The fraction of sp³-hybridized carbons (Fsp3) is 0.0714. The van der Waals surface area contributed by atoms with Gasteiger partial charge in [-0.3, -0.25) is 9.59 Å².